The van der Waals surface area contributed by atoms with Crippen LogP contribution < -0.4 is 4.74 Å². The van der Waals surface area contributed by atoms with Crippen LogP contribution in [0.4, 0.5) is 0 Å². The molecule has 110 valence electrons. The number of furan rings is 1. The zero-order valence-corrected chi connectivity index (χ0v) is 12.0. The van der Waals surface area contributed by atoms with Crippen LogP contribution in [-0.4, -0.2) is 18.7 Å². The molecule has 4 heteroatoms. The van der Waals surface area contributed by atoms with Crippen molar-refractivity contribution in [3.63, 3.8) is 0 Å². The van der Waals surface area contributed by atoms with Crippen molar-refractivity contribution < 1.29 is 18.7 Å². The van der Waals surface area contributed by atoms with E-state index in [4.69, 9.17) is 13.9 Å². The van der Waals surface area contributed by atoms with Gasteiger partial charge in [0.1, 0.15) is 11.3 Å². The topological polar surface area (TPSA) is 48.7 Å². The van der Waals surface area contributed by atoms with Gasteiger partial charge < -0.3 is 13.9 Å². The van der Waals surface area contributed by atoms with E-state index in [0.717, 1.165) is 10.9 Å². The van der Waals surface area contributed by atoms with Crippen LogP contribution >= 0.6 is 0 Å². The molecule has 1 aliphatic heterocycles. The van der Waals surface area contributed by atoms with Gasteiger partial charge in [-0.05, 0) is 23.8 Å². The van der Waals surface area contributed by atoms with Crippen LogP contribution in [-0.2, 0) is 11.2 Å². The average Bonchev–Trinajstić information content (AvgIpc) is 3.13. The van der Waals surface area contributed by atoms with Gasteiger partial charge in [-0.1, -0.05) is 30.3 Å². The number of ketones is 1. The molecule has 0 saturated heterocycles. The molecule has 1 atom stereocenters. The maximum atomic E-state index is 12.8. The molecule has 0 amide bonds. The van der Waals surface area contributed by atoms with Crippen molar-refractivity contribution in [3.8, 4) is 5.75 Å². The molecule has 0 saturated carbocycles. The molecule has 0 fully saturated rings. The SMILES string of the molecule is CO[C@@]1(Cc2ccccc2)Oc2c(ccc3occc23)C1=O. The van der Waals surface area contributed by atoms with E-state index in [9.17, 15) is 4.79 Å². The summed E-state index contributed by atoms with van der Waals surface area (Å²) in [7, 11) is 1.50. The van der Waals surface area contributed by atoms with Gasteiger partial charge in [0.25, 0.3) is 5.79 Å². The minimum atomic E-state index is -1.31. The molecule has 1 aliphatic rings. The smallest absolute Gasteiger partial charge is 0.279 e. The Balaban J connectivity index is 1.80. The van der Waals surface area contributed by atoms with Crippen molar-refractivity contribution in [2.45, 2.75) is 12.2 Å². The van der Waals surface area contributed by atoms with Crippen molar-refractivity contribution in [2.75, 3.05) is 7.11 Å². The second-order valence-corrected chi connectivity index (χ2v) is 5.33. The van der Waals surface area contributed by atoms with Crippen LogP contribution in [0.25, 0.3) is 11.0 Å². The quantitative estimate of drug-likeness (QED) is 0.740. The zero-order valence-electron chi connectivity index (χ0n) is 12.0. The molecule has 0 N–H and O–H groups in total. The monoisotopic (exact) mass is 294 g/mol. The Morgan fingerprint density at radius 2 is 1.91 bits per heavy atom. The highest BCUT2D eigenvalue weighted by molar-refractivity contribution is 6.11. The molecule has 4 nitrogen and oxygen atoms in total. The van der Waals surface area contributed by atoms with E-state index in [-0.39, 0.29) is 5.78 Å². The third kappa shape index (κ3) is 1.77. The van der Waals surface area contributed by atoms with Gasteiger partial charge in [0.15, 0.2) is 0 Å². The van der Waals surface area contributed by atoms with Crippen molar-refractivity contribution in [1.82, 2.24) is 0 Å². The van der Waals surface area contributed by atoms with E-state index in [1.54, 1.807) is 24.5 Å². The summed E-state index contributed by atoms with van der Waals surface area (Å²) in [5.41, 5.74) is 2.21. The summed E-state index contributed by atoms with van der Waals surface area (Å²) in [6.07, 6.45) is 1.94. The molecule has 0 unspecified atom stereocenters. The van der Waals surface area contributed by atoms with Crippen LogP contribution in [0, 0.1) is 0 Å². The first-order valence-electron chi connectivity index (χ1n) is 7.07. The molecule has 3 aromatic rings. The number of methoxy groups -OCH3 is 1. The molecule has 22 heavy (non-hydrogen) atoms. The first-order chi connectivity index (χ1) is 10.7. The summed E-state index contributed by atoms with van der Waals surface area (Å²) in [4.78, 5) is 12.8. The van der Waals surface area contributed by atoms with Crippen LogP contribution in [0.1, 0.15) is 15.9 Å². The zero-order chi connectivity index (χ0) is 15.2. The summed E-state index contributed by atoms with van der Waals surface area (Å²) >= 11 is 0. The predicted molar refractivity (Wildman–Crippen MR) is 81.1 cm³/mol. The van der Waals surface area contributed by atoms with Crippen LogP contribution in [0.3, 0.4) is 0 Å². The number of ether oxygens (including phenoxy) is 2. The summed E-state index contributed by atoms with van der Waals surface area (Å²) in [6.45, 7) is 0. The van der Waals surface area contributed by atoms with Crippen molar-refractivity contribution in [3.05, 3.63) is 65.9 Å². The normalized spacial score (nSPS) is 20.1. The molecule has 0 bridgehead atoms. The van der Waals surface area contributed by atoms with Gasteiger partial charge >= 0.3 is 0 Å². The fourth-order valence-corrected chi connectivity index (χ4v) is 2.91. The molecule has 4 rings (SSSR count). The van der Waals surface area contributed by atoms with Crippen molar-refractivity contribution >= 4 is 16.8 Å². The Hall–Kier alpha value is -2.59. The van der Waals surface area contributed by atoms with Gasteiger partial charge in [0.05, 0.1) is 17.2 Å². The number of hydrogen-bond donors (Lipinski definition) is 0. The van der Waals surface area contributed by atoms with Crippen molar-refractivity contribution in [1.29, 1.82) is 0 Å². The fourth-order valence-electron chi connectivity index (χ4n) is 2.91. The molecule has 2 heterocycles. The Kier molecular flexibility index (Phi) is 2.81. The minimum absolute atomic E-state index is 0.156. The van der Waals surface area contributed by atoms with Crippen LogP contribution in [0.2, 0.25) is 0 Å². The highest BCUT2D eigenvalue weighted by atomic mass is 16.7. The molecule has 2 aromatic carbocycles. The minimum Gasteiger partial charge on any atom is -0.464 e. The Morgan fingerprint density at radius 1 is 1.09 bits per heavy atom. The molecular weight excluding hydrogens is 280 g/mol. The second kappa shape index (κ2) is 4.71. The van der Waals surface area contributed by atoms with Gasteiger partial charge in [0.2, 0.25) is 5.78 Å². The fraction of sp³-hybridized carbons (Fsp3) is 0.167. The van der Waals surface area contributed by atoms with Crippen molar-refractivity contribution in [2.24, 2.45) is 0 Å². The lowest BCUT2D eigenvalue weighted by Crippen LogP contribution is -2.44. The first kappa shape index (κ1) is 13.1. The van der Waals surface area contributed by atoms with Gasteiger partial charge in [0, 0.05) is 13.5 Å². The summed E-state index contributed by atoms with van der Waals surface area (Å²) < 4.78 is 16.9. The third-order valence-electron chi connectivity index (χ3n) is 4.05. The van der Waals surface area contributed by atoms with E-state index in [0.29, 0.717) is 23.3 Å². The van der Waals surface area contributed by atoms with E-state index in [1.807, 2.05) is 30.3 Å². The van der Waals surface area contributed by atoms with Crippen LogP contribution in [0.5, 0.6) is 5.75 Å². The lowest BCUT2D eigenvalue weighted by molar-refractivity contribution is -0.116. The highest BCUT2D eigenvalue weighted by Gasteiger charge is 2.49. The number of carbonyl (C=O) groups is 1. The Bertz CT molecular complexity index is 850. The lowest BCUT2D eigenvalue weighted by Gasteiger charge is -2.25. The first-order valence-corrected chi connectivity index (χ1v) is 7.07. The number of hydrogen-bond acceptors (Lipinski definition) is 4. The van der Waals surface area contributed by atoms with Crippen LogP contribution in [0.15, 0.2) is 59.2 Å². The molecular formula is C18H14O4. The standard InChI is InChI=1S/C18H14O4/c1-20-18(11-12-5-3-2-4-6-12)17(19)14-7-8-15-13(9-10-21-15)16(14)22-18/h2-10H,11H2,1H3/t18-/m0/s1. The largest absolute Gasteiger partial charge is 0.464 e. The van der Waals surface area contributed by atoms with E-state index >= 15 is 0 Å². The number of carbonyl (C=O) groups excluding carboxylic acids is 1. The maximum absolute atomic E-state index is 12.8. The van der Waals surface area contributed by atoms with E-state index in [2.05, 4.69) is 0 Å². The number of Topliss-reactive ketones (excluding diaryl/α,β-unsaturated/α-hetero) is 1. The van der Waals surface area contributed by atoms with E-state index in [1.165, 1.54) is 7.11 Å². The summed E-state index contributed by atoms with van der Waals surface area (Å²) in [6, 6.07) is 15.0. The highest BCUT2D eigenvalue weighted by Crippen LogP contribution is 2.42. The number of fused-ring (bicyclic) bond motifs is 3. The van der Waals surface area contributed by atoms with Gasteiger partial charge in [-0.2, -0.15) is 0 Å². The molecule has 0 radical (unpaired) electrons. The van der Waals surface area contributed by atoms with Gasteiger partial charge in [-0.25, -0.2) is 0 Å². The maximum Gasteiger partial charge on any atom is 0.279 e. The Labute approximate surface area is 127 Å². The van der Waals surface area contributed by atoms with E-state index < -0.39 is 5.79 Å². The number of benzene rings is 2. The summed E-state index contributed by atoms with van der Waals surface area (Å²) in [5.74, 6) is -0.930. The molecule has 0 spiro atoms. The average molecular weight is 294 g/mol. The molecule has 1 aromatic heterocycles. The Morgan fingerprint density at radius 3 is 2.68 bits per heavy atom. The second-order valence-electron chi connectivity index (χ2n) is 5.33. The number of rotatable bonds is 3. The van der Waals surface area contributed by atoms with Gasteiger partial charge in [-0.3, -0.25) is 4.79 Å². The molecule has 0 aliphatic carbocycles. The van der Waals surface area contributed by atoms with Gasteiger partial charge in [-0.15, -0.1) is 0 Å². The predicted octanol–water partition coefficient (Wildman–Crippen LogP) is 3.59. The lowest BCUT2D eigenvalue weighted by atomic mass is 9.98. The third-order valence-corrected chi connectivity index (χ3v) is 4.05. The summed E-state index contributed by atoms with van der Waals surface area (Å²) in [5, 5.41) is 0.790.